The number of carbonyl (C=O) groups excluding carboxylic acids is 1. The van der Waals surface area contributed by atoms with Crippen LogP contribution < -0.4 is 5.11 Å². The summed E-state index contributed by atoms with van der Waals surface area (Å²) in [5.74, 6) is -3.75. The first-order valence-electron chi connectivity index (χ1n) is 13.9. The number of quaternary nitrogens is 1. The van der Waals surface area contributed by atoms with Crippen LogP contribution in [0.1, 0.15) is 124 Å². The molecule has 0 fully saturated rings. The normalized spacial score (nSPS) is 16.0. The van der Waals surface area contributed by atoms with Crippen LogP contribution in [-0.2, 0) is 14.4 Å². The number of aliphatic carboxylic acids is 3. The molecule has 0 aliphatic carbocycles. The van der Waals surface area contributed by atoms with Gasteiger partial charge in [0.05, 0.1) is 12.5 Å². The van der Waals surface area contributed by atoms with Gasteiger partial charge in [0.25, 0.3) is 0 Å². The van der Waals surface area contributed by atoms with Gasteiger partial charge in [-0.1, -0.05) is 98.0 Å². The van der Waals surface area contributed by atoms with E-state index in [1.54, 1.807) is 26.8 Å². The highest BCUT2D eigenvalue weighted by atomic mass is 16.4. The summed E-state index contributed by atoms with van der Waals surface area (Å²) in [5.41, 5.74) is 0. The van der Waals surface area contributed by atoms with Gasteiger partial charge in [-0.25, -0.2) is 9.59 Å². The van der Waals surface area contributed by atoms with Crippen LogP contribution in [0.15, 0.2) is 12.2 Å². The fourth-order valence-corrected chi connectivity index (χ4v) is 5.48. The lowest BCUT2D eigenvalue weighted by Crippen LogP contribution is -2.73. The average molecular weight is 498 g/mol. The van der Waals surface area contributed by atoms with E-state index in [1.807, 2.05) is 6.08 Å². The Morgan fingerprint density at radius 2 is 1.06 bits per heavy atom. The molecule has 0 aliphatic rings. The first kappa shape index (κ1) is 33.1. The molecular formula is C28H51NO6. The maximum Gasteiger partial charge on any atom is 0.362 e. The first-order valence-corrected chi connectivity index (χ1v) is 13.9. The molecule has 3 unspecified atom stereocenters. The molecule has 0 aromatic rings. The number of hydrogen-bond acceptors (Lipinski definition) is 4. The molecule has 35 heavy (non-hydrogen) atoms. The smallest absolute Gasteiger partial charge is 0.362 e. The Morgan fingerprint density at radius 1 is 0.657 bits per heavy atom. The van der Waals surface area contributed by atoms with Gasteiger partial charge in [-0.05, 0) is 18.9 Å². The third-order valence-electron chi connectivity index (χ3n) is 7.31. The Labute approximate surface area is 213 Å². The Hall–Kier alpha value is -1.89. The van der Waals surface area contributed by atoms with E-state index in [1.165, 1.54) is 57.8 Å². The minimum atomic E-state index is -1.40. The van der Waals surface area contributed by atoms with Gasteiger partial charge < -0.3 is 20.1 Å². The van der Waals surface area contributed by atoms with Gasteiger partial charge in [-0.3, -0.25) is 4.48 Å². The van der Waals surface area contributed by atoms with Crippen molar-refractivity contribution in [3.8, 4) is 0 Å². The highest BCUT2D eigenvalue weighted by molar-refractivity contribution is 5.77. The Kier molecular flexibility index (Phi) is 18.3. The van der Waals surface area contributed by atoms with Gasteiger partial charge in [0.15, 0.2) is 12.1 Å². The van der Waals surface area contributed by atoms with Gasteiger partial charge >= 0.3 is 11.9 Å². The molecule has 3 atom stereocenters. The SMILES string of the molecule is CCCCCCCCCCCCC/C=C/C[N+](C(CC)C(=O)[O-])(C(CC)C(=O)O)C(CC)C(=O)O. The lowest BCUT2D eigenvalue weighted by atomic mass is 9.94. The molecule has 7 nitrogen and oxygen atoms in total. The second kappa shape index (κ2) is 19.3. The van der Waals surface area contributed by atoms with Gasteiger partial charge in [-0.15, -0.1) is 0 Å². The standard InChI is InChI=1S/C28H51NO6/c1-5-9-10-11-12-13-14-15-16-17-18-19-20-21-22-29(23(6-2)26(30)31,24(7-3)27(32)33)25(8-4)28(34)35/h20-21,23-25H,5-19,22H2,1-4H3,(H2-,30,31,32,33,34,35)/b21-20+. The molecule has 0 aromatic carbocycles. The second-order valence-electron chi connectivity index (χ2n) is 9.74. The van der Waals surface area contributed by atoms with E-state index in [0.29, 0.717) is 0 Å². The number of unbranched alkanes of at least 4 members (excludes halogenated alkanes) is 11. The van der Waals surface area contributed by atoms with E-state index in [9.17, 15) is 29.7 Å². The Bertz CT molecular complexity index is 578. The third kappa shape index (κ3) is 11.1. The molecule has 204 valence electrons. The molecule has 0 radical (unpaired) electrons. The van der Waals surface area contributed by atoms with Crippen LogP contribution in [0.4, 0.5) is 0 Å². The predicted octanol–water partition coefficient (Wildman–Crippen LogP) is 5.32. The quantitative estimate of drug-likeness (QED) is 0.112. The van der Waals surface area contributed by atoms with Gasteiger partial charge in [-0.2, -0.15) is 0 Å². The van der Waals surface area contributed by atoms with Gasteiger partial charge in [0, 0.05) is 19.3 Å². The minimum absolute atomic E-state index is 0.0418. The molecular weight excluding hydrogens is 446 g/mol. The molecule has 0 saturated heterocycles. The summed E-state index contributed by atoms with van der Waals surface area (Å²) in [6, 6.07) is -3.51. The van der Waals surface area contributed by atoms with Gasteiger partial charge in [0.1, 0.15) is 6.04 Å². The largest absolute Gasteiger partial charge is 0.544 e. The van der Waals surface area contributed by atoms with Crippen molar-refractivity contribution in [2.45, 2.75) is 142 Å². The maximum absolute atomic E-state index is 12.2. The zero-order valence-electron chi connectivity index (χ0n) is 22.7. The number of hydrogen-bond donors (Lipinski definition) is 2. The van der Waals surface area contributed by atoms with E-state index >= 15 is 0 Å². The summed E-state index contributed by atoms with van der Waals surface area (Å²) in [6.45, 7) is 7.25. The topological polar surface area (TPSA) is 115 Å². The second-order valence-corrected chi connectivity index (χ2v) is 9.74. The number of allylic oxidation sites excluding steroid dienone is 1. The molecule has 0 spiro atoms. The van der Waals surface area contributed by atoms with E-state index in [4.69, 9.17) is 0 Å². The summed E-state index contributed by atoms with van der Waals surface area (Å²) in [6.07, 6.45) is 18.7. The molecule has 7 heteroatoms. The molecule has 0 aromatic heterocycles. The van der Waals surface area contributed by atoms with Crippen LogP contribution in [0.2, 0.25) is 0 Å². The minimum Gasteiger partial charge on any atom is -0.544 e. The van der Waals surface area contributed by atoms with Gasteiger partial charge in [0.2, 0.25) is 0 Å². The number of carboxylic acids is 3. The number of rotatable bonds is 23. The first-order chi connectivity index (χ1) is 16.7. The average Bonchev–Trinajstić information content (AvgIpc) is 2.79. The van der Waals surface area contributed by atoms with Crippen molar-refractivity contribution in [2.24, 2.45) is 0 Å². The summed E-state index contributed by atoms with van der Waals surface area (Å²) in [7, 11) is 0. The van der Waals surface area contributed by atoms with Crippen LogP contribution >= 0.6 is 0 Å². The summed E-state index contributed by atoms with van der Waals surface area (Å²) in [5, 5.41) is 31.9. The summed E-state index contributed by atoms with van der Waals surface area (Å²) in [4.78, 5) is 36.4. The Morgan fingerprint density at radius 3 is 1.40 bits per heavy atom. The third-order valence-corrected chi connectivity index (χ3v) is 7.31. The molecule has 0 aliphatic heterocycles. The number of carboxylic acid groups (broad SMARTS) is 3. The fourth-order valence-electron chi connectivity index (χ4n) is 5.48. The zero-order chi connectivity index (χ0) is 26.7. The highest BCUT2D eigenvalue weighted by Crippen LogP contribution is 2.31. The van der Waals surface area contributed by atoms with E-state index in [2.05, 4.69) is 6.92 Å². The number of carbonyl (C=O) groups is 3. The lowest BCUT2D eigenvalue weighted by Gasteiger charge is -2.51. The molecule has 0 heterocycles. The molecule has 0 amide bonds. The van der Waals surface area contributed by atoms with E-state index in [0.717, 1.165) is 19.3 Å². The van der Waals surface area contributed by atoms with Crippen LogP contribution in [-0.4, -0.2) is 57.3 Å². The van der Waals surface area contributed by atoms with Crippen molar-refractivity contribution in [3.63, 3.8) is 0 Å². The molecule has 0 rings (SSSR count). The molecule has 2 N–H and O–H groups in total. The van der Waals surface area contributed by atoms with Crippen LogP contribution in [0.25, 0.3) is 0 Å². The van der Waals surface area contributed by atoms with Crippen LogP contribution in [0.3, 0.4) is 0 Å². The summed E-state index contributed by atoms with van der Waals surface area (Å²) >= 11 is 0. The highest BCUT2D eigenvalue weighted by Gasteiger charge is 2.53. The lowest BCUT2D eigenvalue weighted by molar-refractivity contribution is -0.969. The Balaban J connectivity index is 5.08. The summed E-state index contributed by atoms with van der Waals surface area (Å²) < 4.78 is -0.550. The molecule has 0 saturated carbocycles. The van der Waals surface area contributed by atoms with Crippen molar-refractivity contribution in [1.82, 2.24) is 0 Å². The van der Waals surface area contributed by atoms with Crippen molar-refractivity contribution in [2.75, 3.05) is 6.54 Å². The van der Waals surface area contributed by atoms with Crippen molar-refractivity contribution in [3.05, 3.63) is 12.2 Å². The van der Waals surface area contributed by atoms with E-state index < -0.39 is 40.5 Å². The monoisotopic (exact) mass is 497 g/mol. The fraction of sp³-hybridized carbons (Fsp3) is 0.821. The maximum atomic E-state index is 12.2. The van der Waals surface area contributed by atoms with Crippen molar-refractivity contribution in [1.29, 1.82) is 0 Å². The predicted molar refractivity (Wildman–Crippen MR) is 138 cm³/mol. The van der Waals surface area contributed by atoms with Crippen LogP contribution in [0.5, 0.6) is 0 Å². The van der Waals surface area contributed by atoms with Crippen LogP contribution in [0, 0.1) is 0 Å². The van der Waals surface area contributed by atoms with E-state index in [-0.39, 0.29) is 25.8 Å². The van der Waals surface area contributed by atoms with Crippen molar-refractivity contribution >= 4 is 17.9 Å². The molecule has 0 bridgehead atoms. The zero-order valence-corrected chi connectivity index (χ0v) is 22.7. The van der Waals surface area contributed by atoms with Crippen molar-refractivity contribution < 1.29 is 34.2 Å². The number of nitrogens with zero attached hydrogens (tertiary/aromatic N) is 1.